The molecule has 0 saturated carbocycles. The predicted molar refractivity (Wildman–Crippen MR) is 76.7 cm³/mol. The summed E-state index contributed by atoms with van der Waals surface area (Å²) in [6.07, 6.45) is 1.88. The van der Waals surface area contributed by atoms with E-state index in [1.165, 1.54) is 0 Å². The quantitative estimate of drug-likeness (QED) is 0.618. The fourth-order valence-electron chi connectivity index (χ4n) is 1.95. The van der Waals surface area contributed by atoms with Gasteiger partial charge >= 0.3 is 0 Å². The minimum atomic E-state index is 0.00569. The molecular formula is C14H25N3O3. The molecule has 0 aromatic carbocycles. The van der Waals surface area contributed by atoms with Crippen molar-refractivity contribution >= 4 is 5.91 Å². The van der Waals surface area contributed by atoms with Gasteiger partial charge in [0.25, 0.3) is 0 Å². The number of ether oxygens (including phenoxy) is 1. The van der Waals surface area contributed by atoms with Crippen LogP contribution in [0.15, 0.2) is 4.52 Å². The zero-order chi connectivity index (χ0) is 14.8. The summed E-state index contributed by atoms with van der Waals surface area (Å²) in [5.74, 6) is 0.821. The smallest absolute Gasteiger partial charge is 0.224 e. The van der Waals surface area contributed by atoms with Crippen molar-refractivity contribution in [2.24, 2.45) is 0 Å². The molecule has 6 heteroatoms. The van der Waals surface area contributed by atoms with Gasteiger partial charge in [-0.15, -0.1) is 0 Å². The maximum atomic E-state index is 11.9. The summed E-state index contributed by atoms with van der Waals surface area (Å²) in [6, 6.07) is 0. The van der Waals surface area contributed by atoms with E-state index in [-0.39, 0.29) is 5.91 Å². The maximum Gasteiger partial charge on any atom is 0.224 e. The molecule has 1 aromatic heterocycles. The number of hydrogen-bond donors (Lipinski definition) is 2. The molecular weight excluding hydrogens is 258 g/mol. The van der Waals surface area contributed by atoms with Gasteiger partial charge in [0.1, 0.15) is 5.76 Å². The maximum absolute atomic E-state index is 11.9. The lowest BCUT2D eigenvalue weighted by Gasteiger charge is -2.07. The third kappa shape index (κ3) is 5.30. The number of nitrogens with zero attached hydrogens (tertiary/aromatic N) is 1. The molecule has 2 N–H and O–H groups in total. The minimum absolute atomic E-state index is 0.00569. The van der Waals surface area contributed by atoms with Crippen molar-refractivity contribution in [1.82, 2.24) is 15.8 Å². The van der Waals surface area contributed by atoms with E-state index in [0.29, 0.717) is 19.6 Å². The van der Waals surface area contributed by atoms with Crippen molar-refractivity contribution in [2.75, 3.05) is 33.4 Å². The standard InChI is InChI=1S/C14H25N3O3/c1-4-12-11(13(5-2)20-17-12)10-14(18)16-7-6-15-8-9-19-3/h15H,4-10H2,1-3H3,(H,16,18). The number of carbonyl (C=O) groups excluding carboxylic acids is 1. The summed E-state index contributed by atoms with van der Waals surface area (Å²) >= 11 is 0. The fraction of sp³-hybridized carbons (Fsp3) is 0.714. The molecule has 0 radical (unpaired) electrons. The van der Waals surface area contributed by atoms with Crippen molar-refractivity contribution in [1.29, 1.82) is 0 Å². The van der Waals surface area contributed by atoms with E-state index in [0.717, 1.165) is 42.9 Å². The van der Waals surface area contributed by atoms with E-state index in [9.17, 15) is 4.79 Å². The summed E-state index contributed by atoms with van der Waals surface area (Å²) in [4.78, 5) is 11.9. The molecule has 1 aromatic rings. The van der Waals surface area contributed by atoms with Gasteiger partial charge < -0.3 is 19.9 Å². The molecule has 0 aliphatic carbocycles. The Balaban J connectivity index is 2.33. The normalized spacial score (nSPS) is 10.8. The van der Waals surface area contributed by atoms with Gasteiger partial charge in [-0.25, -0.2) is 0 Å². The molecule has 20 heavy (non-hydrogen) atoms. The molecule has 0 spiro atoms. The van der Waals surface area contributed by atoms with Crippen LogP contribution >= 0.6 is 0 Å². The Morgan fingerprint density at radius 2 is 2.05 bits per heavy atom. The number of nitrogens with one attached hydrogen (secondary N) is 2. The second-order valence-corrected chi connectivity index (χ2v) is 4.51. The molecule has 0 fully saturated rings. The van der Waals surface area contributed by atoms with Crippen molar-refractivity contribution in [3.63, 3.8) is 0 Å². The molecule has 1 heterocycles. The average molecular weight is 283 g/mol. The Bertz CT molecular complexity index is 383. The van der Waals surface area contributed by atoms with E-state index in [1.54, 1.807) is 7.11 Å². The molecule has 1 amide bonds. The van der Waals surface area contributed by atoms with Crippen LogP contribution in [0.2, 0.25) is 0 Å². The zero-order valence-electron chi connectivity index (χ0n) is 12.6. The van der Waals surface area contributed by atoms with Crippen molar-refractivity contribution in [3.8, 4) is 0 Å². The van der Waals surface area contributed by atoms with Gasteiger partial charge in [-0.3, -0.25) is 4.79 Å². The van der Waals surface area contributed by atoms with Crippen LogP contribution in [-0.2, 0) is 28.8 Å². The van der Waals surface area contributed by atoms with Gasteiger partial charge in [-0.2, -0.15) is 0 Å². The monoisotopic (exact) mass is 283 g/mol. The van der Waals surface area contributed by atoms with E-state index < -0.39 is 0 Å². The predicted octanol–water partition coefficient (Wildman–Crippen LogP) is 0.694. The Hall–Kier alpha value is -1.40. The van der Waals surface area contributed by atoms with Crippen molar-refractivity contribution in [2.45, 2.75) is 33.1 Å². The van der Waals surface area contributed by atoms with Crippen molar-refractivity contribution in [3.05, 3.63) is 17.0 Å². The van der Waals surface area contributed by atoms with Crippen LogP contribution < -0.4 is 10.6 Å². The number of carbonyl (C=O) groups is 1. The summed E-state index contributed by atoms with van der Waals surface area (Å²) < 4.78 is 10.2. The van der Waals surface area contributed by atoms with Crippen LogP contribution in [-0.4, -0.2) is 44.4 Å². The Morgan fingerprint density at radius 3 is 2.70 bits per heavy atom. The fourth-order valence-corrected chi connectivity index (χ4v) is 1.95. The lowest BCUT2D eigenvalue weighted by Crippen LogP contribution is -2.34. The molecule has 0 aliphatic heterocycles. The molecule has 6 nitrogen and oxygen atoms in total. The first-order valence-corrected chi connectivity index (χ1v) is 7.15. The van der Waals surface area contributed by atoms with Gasteiger partial charge in [0.2, 0.25) is 5.91 Å². The lowest BCUT2D eigenvalue weighted by molar-refractivity contribution is -0.120. The lowest BCUT2D eigenvalue weighted by atomic mass is 10.1. The first-order valence-electron chi connectivity index (χ1n) is 7.15. The van der Waals surface area contributed by atoms with Gasteiger partial charge in [-0.1, -0.05) is 19.0 Å². The average Bonchev–Trinajstić information content (AvgIpc) is 2.84. The highest BCUT2D eigenvalue weighted by Crippen LogP contribution is 2.16. The van der Waals surface area contributed by atoms with Crippen LogP contribution in [0.4, 0.5) is 0 Å². The zero-order valence-corrected chi connectivity index (χ0v) is 12.6. The van der Waals surface area contributed by atoms with Crippen LogP contribution in [0.1, 0.15) is 30.9 Å². The SMILES string of the molecule is CCc1noc(CC)c1CC(=O)NCCNCCOC. The molecule has 1 rings (SSSR count). The highest BCUT2D eigenvalue weighted by atomic mass is 16.5. The number of aryl methyl sites for hydroxylation is 2. The van der Waals surface area contributed by atoms with Crippen LogP contribution in [0, 0.1) is 0 Å². The van der Waals surface area contributed by atoms with Crippen molar-refractivity contribution < 1.29 is 14.1 Å². The number of amides is 1. The van der Waals surface area contributed by atoms with Gasteiger partial charge in [0.15, 0.2) is 0 Å². The highest BCUT2D eigenvalue weighted by Gasteiger charge is 2.16. The Morgan fingerprint density at radius 1 is 1.25 bits per heavy atom. The van der Waals surface area contributed by atoms with Crippen LogP contribution in [0.5, 0.6) is 0 Å². The number of rotatable bonds is 10. The van der Waals surface area contributed by atoms with Crippen LogP contribution in [0.3, 0.4) is 0 Å². The number of methoxy groups -OCH3 is 1. The topological polar surface area (TPSA) is 76.4 Å². The summed E-state index contributed by atoms with van der Waals surface area (Å²) in [6.45, 7) is 6.82. The van der Waals surface area contributed by atoms with Crippen LogP contribution in [0.25, 0.3) is 0 Å². The molecule has 0 saturated heterocycles. The van der Waals surface area contributed by atoms with E-state index in [1.807, 2.05) is 13.8 Å². The Kier molecular flexibility index (Phi) is 7.91. The second-order valence-electron chi connectivity index (χ2n) is 4.51. The first-order chi connectivity index (χ1) is 9.72. The van der Waals surface area contributed by atoms with Gasteiger partial charge in [0, 0.05) is 38.7 Å². The minimum Gasteiger partial charge on any atom is -0.383 e. The molecule has 0 aliphatic rings. The summed E-state index contributed by atoms with van der Waals surface area (Å²) in [5, 5.41) is 10.1. The Labute approximate surface area is 120 Å². The summed E-state index contributed by atoms with van der Waals surface area (Å²) in [5.41, 5.74) is 1.83. The largest absolute Gasteiger partial charge is 0.383 e. The van der Waals surface area contributed by atoms with E-state index in [4.69, 9.17) is 9.26 Å². The van der Waals surface area contributed by atoms with E-state index >= 15 is 0 Å². The third-order valence-electron chi connectivity index (χ3n) is 3.05. The molecule has 114 valence electrons. The third-order valence-corrected chi connectivity index (χ3v) is 3.05. The molecule has 0 unspecified atom stereocenters. The summed E-state index contributed by atoms with van der Waals surface area (Å²) in [7, 11) is 1.67. The highest BCUT2D eigenvalue weighted by molar-refractivity contribution is 5.79. The van der Waals surface area contributed by atoms with Gasteiger partial charge in [0.05, 0.1) is 18.7 Å². The first kappa shape index (κ1) is 16.7. The van der Waals surface area contributed by atoms with E-state index in [2.05, 4.69) is 15.8 Å². The van der Waals surface area contributed by atoms with Gasteiger partial charge in [-0.05, 0) is 6.42 Å². The number of hydrogen-bond acceptors (Lipinski definition) is 5. The molecule has 0 atom stereocenters. The second kappa shape index (κ2) is 9.50. The number of aromatic nitrogens is 1. The molecule has 0 bridgehead atoms.